The zero-order valence-corrected chi connectivity index (χ0v) is 17.9. The average molecular weight is 383 g/mol. The van der Waals surface area contributed by atoms with E-state index < -0.39 is 10.2 Å². The maximum Gasteiger partial charge on any atom is 0.279 e. The predicted octanol–water partition coefficient (Wildman–Crippen LogP) is 2.75. The summed E-state index contributed by atoms with van der Waals surface area (Å²) in [4.78, 5) is 7.18. The summed E-state index contributed by atoms with van der Waals surface area (Å²) < 4.78 is 30.0. The van der Waals surface area contributed by atoms with Gasteiger partial charge in [-0.25, -0.2) is 0 Å². The molecule has 0 aliphatic carbocycles. The maximum atomic E-state index is 12.7. The number of aliphatic imine (C=N–C) groups is 1. The third-order valence-corrected chi connectivity index (χ3v) is 7.13. The van der Waals surface area contributed by atoms with Crippen molar-refractivity contribution in [3.63, 3.8) is 0 Å². The van der Waals surface area contributed by atoms with Crippen molar-refractivity contribution < 1.29 is 8.42 Å². The van der Waals surface area contributed by atoms with Crippen molar-refractivity contribution in [2.45, 2.75) is 66.8 Å². The van der Waals surface area contributed by atoms with E-state index in [9.17, 15) is 8.42 Å². The van der Waals surface area contributed by atoms with Gasteiger partial charge < -0.3 is 4.90 Å². The molecule has 3 aliphatic rings. The summed E-state index contributed by atoms with van der Waals surface area (Å²) in [6.07, 6.45) is 2.66. The summed E-state index contributed by atoms with van der Waals surface area (Å²) in [5, 5.41) is 0. The van der Waals surface area contributed by atoms with Gasteiger partial charge in [0.05, 0.1) is 6.54 Å². The first-order chi connectivity index (χ1) is 11.9. The Balaban J connectivity index is 1.86. The molecule has 7 heteroatoms. The van der Waals surface area contributed by atoms with Crippen LogP contribution in [0, 0.1) is 10.8 Å². The van der Waals surface area contributed by atoms with Gasteiger partial charge in [-0.3, -0.25) is 4.99 Å². The summed E-state index contributed by atoms with van der Waals surface area (Å²) in [5.41, 5.74) is 2.57. The summed E-state index contributed by atoms with van der Waals surface area (Å²) in [6, 6.07) is -0.0985. The van der Waals surface area contributed by atoms with Crippen LogP contribution in [0.2, 0.25) is 0 Å². The molecule has 0 aromatic carbocycles. The third-order valence-electron chi connectivity index (χ3n) is 5.46. The molecule has 3 aliphatic heterocycles. The Hall–Kier alpha value is -0.920. The van der Waals surface area contributed by atoms with Crippen molar-refractivity contribution in [2.24, 2.45) is 15.8 Å². The molecule has 1 N–H and O–H groups in total. The van der Waals surface area contributed by atoms with E-state index in [0.717, 1.165) is 25.1 Å². The minimum Gasteiger partial charge on any atom is -0.332 e. The first kappa shape index (κ1) is 19.8. The van der Waals surface area contributed by atoms with Crippen LogP contribution in [-0.2, 0) is 10.2 Å². The summed E-state index contributed by atoms with van der Waals surface area (Å²) in [6.45, 7) is 15.8. The zero-order valence-electron chi connectivity index (χ0n) is 17.1. The van der Waals surface area contributed by atoms with Gasteiger partial charge in [0.1, 0.15) is 5.84 Å². The SMILES string of the molecule is CC(C)(C)C1=NCC(C(C)(C)C)=C2C[C@H](NS(=O)(=O)N3CCCC3)CN12. The molecular formula is C19H34N4O2S. The predicted molar refractivity (Wildman–Crippen MR) is 106 cm³/mol. The Kier molecular flexibility index (Phi) is 5.04. The van der Waals surface area contributed by atoms with Crippen LogP contribution in [0.15, 0.2) is 16.3 Å². The maximum absolute atomic E-state index is 12.7. The Bertz CT molecular complexity index is 720. The molecule has 0 saturated carbocycles. The number of fused-ring (bicyclic) bond motifs is 1. The van der Waals surface area contributed by atoms with E-state index in [1.807, 2.05) is 0 Å². The lowest BCUT2D eigenvalue weighted by Gasteiger charge is -2.38. The molecule has 2 fully saturated rings. The highest BCUT2D eigenvalue weighted by molar-refractivity contribution is 7.87. The summed E-state index contributed by atoms with van der Waals surface area (Å²) in [5.74, 6) is 1.07. The number of hydrogen-bond donors (Lipinski definition) is 1. The van der Waals surface area contributed by atoms with Gasteiger partial charge in [0, 0.05) is 43.2 Å². The van der Waals surface area contributed by atoms with Crippen LogP contribution < -0.4 is 4.72 Å². The molecule has 0 spiro atoms. The van der Waals surface area contributed by atoms with Crippen LogP contribution in [0.4, 0.5) is 0 Å². The Morgan fingerprint density at radius 2 is 1.65 bits per heavy atom. The van der Waals surface area contributed by atoms with Crippen LogP contribution in [0.5, 0.6) is 0 Å². The lowest BCUT2D eigenvalue weighted by molar-refractivity contribution is 0.410. The smallest absolute Gasteiger partial charge is 0.279 e. The molecule has 6 nitrogen and oxygen atoms in total. The normalized spacial score (nSPS) is 25.7. The number of nitrogens with one attached hydrogen (secondary N) is 1. The highest BCUT2D eigenvalue weighted by Crippen LogP contribution is 2.40. The third kappa shape index (κ3) is 3.85. The van der Waals surface area contributed by atoms with Gasteiger partial charge in [-0.05, 0) is 23.8 Å². The van der Waals surface area contributed by atoms with Crippen molar-refractivity contribution in [1.82, 2.24) is 13.9 Å². The quantitative estimate of drug-likeness (QED) is 0.816. The molecule has 0 radical (unpaired) electrons. The molecule has 3 rings (SSSR count). The van der Waals surface area contributed by atoms with Crippen molar-refractivity contribution in [3.8, 4) is 0 Å². The fraction of sp³-hybridized carbons (Fsp3) is 0.842. The Morgan fingerprint density at radius 3 is 2.19 bits per heavy atom. The molecule has 2 saturated heterocycles. The van der Waals surface area contributed by atoms with Crippen molar-refractivity contribution in [3.05, 3.63) is 11.3 Å². The number of nitrogens with zero attached hydrogens (tertiary/aromatic N) is 3. The molecule has 26 heavy (non-hydrogen) atoms. The van der Waals surface area contributed by atoms with Crippen molar-refractivity contribution in [1.29, 1.82) is 0 Å². The molecule has 0 aromatic rings. The Morgan fingerprint density at radius 1 is 1.04 bits per heavy atom. The second-order valence-corrected chi connectivity index (χ2v) is 11.5. The topological polar surface area (TPSA) is 65.0 Å². The molecule has 3 heterocycles. The highest BCUT2D eigenvalue weighted by Gasteiger charge is 2.42. The monoisotopic (exact) mass is 382 g/mol. The van der Waals surface area contributed by atoms with Crippen LogP contribution >= 0.6 is 0 Å². The van der Waals surface area contributed by atoms with Gasteiger partial charge in [-0.15, -0.1) is 0 Å². The van der Waals surface area contributed by atoms with E-state index >= 15 is 0 Å². The van der Waals surface area contributed by atoms with Crippen LogP contribution in [0.25, 0.3) is 0 Å². The van der Waals surface area contributed by atoms with Gasteiger partial charge in [-0.1, -0.05) is 41.5 Å². The summed E-state index contributed by atoms with van der Waals surface area (Å²) >= 11 is 0. The van der Waals surface area contributed by atoms with E-state index in [2.05, 4.69) is 51.2 Å². The van der Waals surface area contributed by atoms with Gasteiger partial charge >= 0.3 is 0 Å². The largest absolute Gasteiger partial charge is 0.332 e. The van der Waals surface area contributed by atoms with Crippen molar-refractivity contribution in [2.75, 3.05) is 26.2 Å². The molecule has 0 aromatic heterocycles. The van der Waals surface area contributed by atoms with Crippen molar-refractivity contribution >= 4 is 16.0 Å². The van der Waals surface area contributed by atoms with E-state index in [0.29, 0.717) is 26.2 Å². The standard InChI is InChI=1S/C19H34N4O2S/c1-18(2,3)15-12-20-17(19(4,5)6)23-13-14(11-16(15)23)21-26(24,25)22-9-7-8-10-22/h14,21H,7-13H2,1-6H3/t14-/m0/s1. The second kappa shape index (κ2) is 6.60. The molecule has 0 amide bonds. The van der Waals surface area contributed by atoms with Gasteiger partial charge in [0.2, 0.25) is 0 Å². The first-order valence-corrected chi connectivity index (χ1v) is 11.2. The van der Waals surface area contributed by atoms with Crippen LogP contribution in [-0.4, -0.2) is 55.7 Å². The number of hydrogen-bond acceptors (Lipinski definition) is 4. The van der Waals surface area contributed by atoms with E-state index in [1.165, 1.54) is 11.3 Å². The average Bonchev–Trinajstić information content (AvgIpc) is 3.12. The van der Waals surface area contributed by atoms with E-state index in [1.54, 1.807) is 4.31 Å². The minimum absolute atomic E-state index is 0.0310. The number of amidine groups is 1. The van der Waals surface area contributed by atoms with Gasteiger partial charge in [0.15, 0.2) is 0 Å². The molecular weight excluding hydrogens is 348 g/mol. The molecule has 1 atom stereocenters. The minimum atomic E-state index is -3.40. The number of rotatable bonds is 3. The summed E-state index contributed by atoms with van der Waals surface area (Å²) in [7, 11) is -3.40. The van der Waals surface area contributed by atoms with Crippen LogP contribution in [0.1, 0.15) is 60.8 Å². The fourth-order valence-corrected chi connectivity index (χ4v) is 5.64. The molecule has 0 unspecified atom stereocenters. The lowest BCUT2D eigenvalue weighted by atomic mass is 9.82. The van der Waals surface area contributed by atoms with Gasteiger partial charge in [-0.2, -0.15) is 17.4 Å². The second-order valence-electron chi connectivity index (χ2n) is 9.81. The molecule has 0 bridgehead atoms. The molecule has 148 valence electrons. The lowest BCUT2D eigenvalue weighted by Crippen LogP contribution is -2.46. The van der Waals surface area contributed by atoms with Crippen LogP contribution in [0.3, 0.4) is 0 Å². The van der Waals surface area contributed by atoms with E-state index in [-0.39, 0.29) is 16.9 Å². The first-order valence-electron chi connectivity index (χ1n) is 9.72. The van der Waals surface area contributed by atoms with E-state index in [4.69, 9.17) is 4.99 Å². The highest BCUT2D eigenvalue weighted by atomic mass is 32.2. The Labute approximate surface area is 158 Å². The fourth-order valence-electron chi connectivity index (χ4n) is 4.17. The van der Waals surface area contributed by atoms with Gasteiger partial charge in [0.25, 0.3) is 10.2 Å². The zero-order chi connectivity index (χ0) is 19.3.